The molecule has 1 aromatic heterocycles. The normalized spacial score (nSPS) is 12.7. The van der Waals surface area contributed by atoms with Crippen molar-refractivity contribution in [3.8, 4) is 0 Å². The van der Waals surface area contributed by atoms with Crippen LogP contribution in [0.4, 0.5) is 0 Å². The van der Waals surface area contributed by atoms with Gasteiger partial charge in [0.15, 0.2) is 5.82 Å². The van der Waals surface area contributed by atoms with Crippen LogP contribution in [0.15, 0.2) is 22.7 Å². The maximum atomic E-state index is 6.12. The molecule has 1 heterocycles. The fraction of sp³-hybridized carbons (Fsp3) is 0.364. The molecule has 0 amide bonds. The Kier molecular flexibility index (Phi) is 3.54. The number of aryl methyl sites for hydroxylation is 2. The van der Waals surface area contributed by atoms with Crippen LogP contribution in [0.25, 0.3) is 0 Å². The summed E-state index contributed by atoms with van der Waals surface area (Å²) >= 11 is 3.50. The number of hydrogen-bond acceptors (Lipinski definition) is 4. The van der Waals surface area contributed by atoms with Gasteiger partial charge >= 0.3 is 0 Å². The smallest absolute Gasteiger partial charge is 0.176 e. The van der Waals surface area contributed by atoms with Crippen molar-refractivity contribution >= 4 is 15.9 Å². The third-order valence-electron chi connectivity index (χ3n) is 2.58. The van der Waals surface area contributed by atoms with Crippen LogP contribution in [0, 0.1) is 6.92 Å². The first-order valence-electron chi connectivity index (χ1n) is 5.31. The van der Waals surface area contributed by atoms with Gasteiger partial charge in [0.05, 0.1) is 7.05 Å². The lowest BCUT2D eigenvalue weighted by Crippen LogP contribution is -2.14. The molecule has 0 radical (unpaired) electrons. The number of rotatable bonds is 3. The van der Waals surface area contributed by atoms with Crippen LogP contribution < -0.4 is 5.73 Å². The predicted octanol–water partition coefficient (Wildman–Crippen LogP) is 1.52. The Labute approximate surface area is 108 Å². The fourth-order valence-electron chi connectivity index (χ4n) is 1.56. The average molecular weight is 296 g/mol. The molecule has 0 aliphatic carbocycles. The first-order valence-corrected chi connectivity index (χ1v) is 6.10. The highest BCUT2D eigenvalue weighted by atomic mass is 79.9. The molecule has 2 aromatic rings. The first-order chi connectivity index (χ1) is 8.06. The Morgan fingerprint density at radius 1 is 1.47 bits per heavy atom. The maximum Gasteiger partial charge on any atom is 0.176 e. The molecule has 0 saturated heterocycles. The van der Waals surface area contributed by atoms with E-state index in [1.165, 1.54) is 10.4 Å². The summed E-state index contributed by atoms with van der Waals surface area (Å²) in [7, 11) is 1.74. The summed E-state index contributed by atoms with van der Waals surface area (Å²) in [4.78, 5) is 1.44. The maximum absolute atomic E-state index is 6.12. The van der Waals surface area contributed by atoms with E-state index in [1.807, 2.05) is 25.1 Å². The zero-order chi connectivity index (χ0) is 12.4. The topological polar surface area (TPSA) is 69.6 Å². The van der Waals surface area contributed by atoms with Crippen LogP contribution in [0.2, 0.25) is 0 Å². The van der Waals surface area contributed by atoms with E-state index in [0.717, 1.165) is 10.0 Å². The number of aromatic nitrogens is 4. The lowest BCUT2D eigenvalue weighted by molar-refractivity contribution is 0.622. The lowest BCUT2D eigenvalue weighted by atomic mass is 10.0. The lowest BCUT2D eigenvalue weighted by Gasteiger charge is -2.11. The number of nitrogens with two attached hydrogens (primary N) is 1. The first kappa shape index (κ1) is 12.2. The van der Waals surface area contributed by atoms with Crippen molar-refractivity contribution in [3.05, 3.63) is 39.6 Å². The van der Waals surface area contributed by atoms with Gasteiger partial charge in [0.2, 0.25) is 0 Å². The summed E-state index contributed by atoms with van der Waals surface area (Å²) in [6.45, 7) is 2.05. The Morgan fingerprint density at radius 2 is 2.24 bits per heavy atom. The predicted molar refractivity (Wildman–Crippen MR) is 68.3 cm³/mol. The highest BCUT2D eigenvalue weighted by molar-refractivity contribution is 9.10. The van der Waals surface area contributed by atoms with Crippen molar-refractivity contribution in [1.29, 1.82) is 0 Å². The van der Waals surface area contributed by atoms with Crippen molar-refractivity contribution in [3.63, 3.8) is 0 Å². The van der Waals surface area contributed by atoms with Gasteiger partial charge in [-0.2, -0.15) is 4.80 Å². The van der Waals surface area contributed by atoms with Gasteiger partial charge < -0.3 is 5.73 Å². The van der Waals surface area contributed by atoms with Gasteiger partial charge in [-0.15, -0.1) is 10.2 Å². The van der Waals surface area contributed by atoms with E-state index in [1.54, 1.807) is 7.05 Å². The second-order valence-electron chi connectivity index (χ2n) is 4.01. The Morgan fingerprint density at radius 3 is 2.82 bits per heavy atom. The van der Waals surface area contributed by atoms with E-state index in [2.05, 4.69) is 31.3 Å². The van der Waals surface area contributed by atoms with E-state index >= 15 is 0 Å². The molecule has 0 saturated carbocycles. The van der Waals surface area contributed by atoms with E-state index in [-0.39, 0.29) is 6.04 Å². The zero-order valence-corrected chi connectivity index (χ0v) is 11.3. The summed E-state index contributed by atoms with van der Waals surface area (Å²) in [6.07, 6.45) is 0.587. The van der Waals surface area contributed by atoms with Crippen LogP contribution >= 0.6 is 15.9 Å². The van der Waals surface area contributed by atoms with Crippen molar-refractivity contribution in [2.45, 2.75) is 19.4 Å². The molecule has 1 atom stereocenters. The number of halogens is 1. The molecule has 0 aliphatic heterocycles. The monoisotopic (exact) mass is 295 g/mol. The minimum absolute atomic E-state index is 0.115. The van der Waals surface area contributed by atoms with Crippen molar-refractivity contribution in [2.24, 2.45) is 12.8 Å². The van der Waals surface area contributed by atoms with Gasteiger partial charge in [-0.05, 0) is 29.3 Å². The van der Waals surface area contributed by atoms with Gasteiger partial charge in [0.1, 0.15) is 0 Å². The van der Waals surface area contributed by atoms with Crippen molar-refractivity contribution in [2.75, 3.05) is 0 Å². The molecule has 90 valence electrons. The van der Waals surface area contributed by atoms with Gasteiger partial charge in [0.25, 0.3) is 0 Å². The summed E-state index contributed by atoms with van der Waals surface area (Å²) in [5, 5.41) is 11.8. The van der Waals surface area contributed by atoms with Crippen LogP contribution in [0.3, 0.4) is 0 Å². The average Bonchev–Trinajstić information content (AvgIpc) is 2.68. The molecular weight excluding hydrogens is 282 g/mol. The van der Waals surface area contributed by atoms with Crippen LogP contribution in [0.1, 0.15) is 23.0 Å². The third-order valence-corrected chi connectivity index (χ3v) is 3.43. The number of nitrogens with zero attached hydrogens (tertiary/aromatic N) is 4. The largest absolute Gasteiger partial charge is 0.324 e. The van der Waals surface area contributed by atoms with Crippen molar-refractivity contribution < 1.29 is 0 Å². The molecule has 2 rings (SSSR count). The third kappa shape index (κ3) is 2.89. The molecule has 0 aliphatic rings. The summed E-state index contributed by atoms with van der Waals surface area (Å²) in [5.74, 6) is 0.664. The Bertz CT molecular complexity index is 522. The van der Waals surface area contributed by atoms with E-state index in [4.69, 9.17) is 5.73 Å². The summed E-state index contributed by atoms with van der Waals surface area (Å²) in [6, 6.07) is 6.00. The number of benzene rings is 1. The second kappa shape index (κ2) is 4.93. The van der Waals surface area contributed by atoms with Crippen LogP contribution in [-0.4, -0.2) is 20.2 Å². The highest BCUT2D eigenvalue weighted by Crippen LogP contribution is 2.22. The number of hydrogen-bond donors (Lipinski definition) is 1. The molecule has 6 heteroatoms. The highest BCUT2D eigenvalue weighted by Gasteiger charge is 2.11. The molecule has 0 fully saturated rings. The van der Waals surface area contributed by atoms with Gasteiger partial charge in [-0.3, -0.25) is 0 Å². The molecule has 0 spiro atoms. The van der Waals surface area contributed by atoms with Crippen molar-refractivity contribution in [1.82, 2.24) is 20.2 Å². The number of tetrazole rings is 1. The SMILES string of the molecule is Cc1ccc(C(N)Cc2nnn(C)n2)cc1Br. The van der Waals surface area contributed by atoms with Gasteiger partial charge in [-0.25, -0.2) is 0 Å². The quantitative estimate of drug-likeness (QED) is 0.932. The molecule has 17 heavy (non-hydrogen) atoms. The molecular formula is C11H14BrN5. The zero-order valence-electron chi connectivity index (χ0n) is 9.76. The van der Waals surface area contributed by atoms with Gasteiger partial charge in [0, 0.05) is 16.9 Å². The molecule has 1 unspecified atom stereocenters. The van der Waals surface area contributed by atoms with E-state index in [0.29, 0.717) is 12.2 Å². The standard InChI is InChI=1S/C11H14BrN5/c1-7-3-4-8(5-9(7)12)10(13)6-11-14-16-17(2)15-11/h3-5,10H,6,13H2,1-2H3. The second-order valence-corrected chi connectivity index (χ2v) is 4.87. The summed E-state index contributed by atoms with van der Waals surface area (Å²) in [5.41, 5.74) is 8.38. The Balaban J connectivity index is 2.14. The van der Waals surface area contributed by atoms with Gasteiger partial charge in [-0.1, -0.05) is 28.1 Å². The fourth-order valence-corrected chi connectivity index (χ4v) is 1.96. The van der Waals surface area contributed by atoms with E-state index < -0.39 is 0 Å². The van der Waals surface area contributed by atoms with Crippen LogP contribution in [-0.2, 0) is 13.5 Å². The minimum atomic E-state index is -0.115. The summed E-state index contributed by atoms with van der Waals surface area (Å²) < 4.78 is 1.07. The Hall–Kier alpha value is -1.27. The molecule has 5 nitrogen and oxygen atoms in total. The molecule has 0 bridgehead atoms. The van der Waals surface area contributed by atoms with Crippen LogP contribution in [0.5, 0.6) is 0 Å². The minimum Gasteiger partial charge on any atom is -0.324 e. The molecule has 2 N–H and O–H groups in total. The molecule has 1 aromatic carbocycles. The van der Waals surface area contributed by atoms with E-state index in [9.17, 15) is 0 Å².